The quantitative estimate of drug-likeness (QED) is 0.773. The lowest BCUT2D eigenvalue weighted by molar-refractivity contribution is 0.211. The molecule has 0 aromatic heterocycles. The van der Waals surface area contributed by atoms with Gasteiger partial charge in [0, 0.05) is 6.61 Å². The Kier molecular flexibility index (Phi) is 2.60. The Bertz CT molecular complexity index is 296. The number of benzene rings is 1. The van der Waals surface area contributed by atoms with Crippen LogP contribution in [0.25, 0.3) is 0 Å². The first kappa shape index (κ1) is 9.72. The van der Waals surface area contributed by atoms with Crippen LogP contribution < -0.4 is 0 Å². The van der Waals surface area contributed by atoms with E-state index in [-0.39, 0.29) is 5.41 Å². The number of hydrogen-bond donors (Lipinski definition) is 1. The number of hydrogen-bond acceptors (Lipinski definition) is 1. The van der Waals surface area contributed by atoms with Crippen molar-refractivity contribution in [2.45, 2.75) is 32.6 Å². The first-order chi connectivity index (χ1) is 6.78. The summed E-state index contributed by atoms with van der Waals surface area (Å²) in [6.07, 6.45) is 4.54. The Labute approximate surface area is 85.8 Å². The van der Waals surface area contributed by atoms with E-state index in [4.69, 9.17) is 0 Å². The average Bonchev–Trinajstić information content (AvgIpc) is 3.00. The normalized spacial score (nSPS) is 18.1. The van der Waals surface area contributed by atoms with Crippen molar-refractivity contribution < 1.29 is 5.11 Å². The number of aliphatic hydroxyl groups excluding tert-OH is 1. The van der Waals surface area contributed by atoms with Crippen LogP contribution in [0, 0.1) is 5.41 Å². The van der Waals surface area contributed by atoms with Gasteiger partial charge in [-0.3, -0.25) is 0 Å². The van der Waals surface area contributed by atoms with Crippen LogP contribution in [0.1, 0.15) is 30.9 Å². The summed E-state index contributed by atoms with van der Waals surface area (Å²) >= 11 is 0. The van der Waals surface area contributed by atoms with Crippen molar-refractivity contribution in [2.24, 2.45) is 5.41 Å². The smallest absolute Gasteiger partial charge is 0.0490 e. The molecule has 0 aliphatic heterocycles. The third-order valence-corrected chi connectivity index (χ3v) is 3.30. The summed E-state index contributed by atoms with van der Waals surface area (Å²) in [4.78, 5) is 0. The molecular formula is C13H18O. The molecule has 0 spiro atoms. The second-order valence-electron chi connectivity index (χ2n) is 4.50. The lowest BCUT2D eigenvalue weighted by atomic mass is 9.96. The zero-order valence-electron chi connectivity index (χ0n) is 8.79. The maximum atomic E-state index is 9.22. The predicted molar refractivity (Wildman–Crippen MR) is 58.3 cm³/mol. The topological polar surface area (TPSA) is 20.2 Å². The zero-order chi connectivity index (χ0) is 10.0. The van der Waals surface area contributed by atoms with Gasteiger partial charge in [0.15, 0.2) is 0 Å². The summed E-state index contributed by atoms with van der Waals surface area (Å²) in [6.45, 7) is 2.52. The van der Waals surface area contributed by atoms with Gasteiger partial charge >= 0.3 is 0 Å². The molecule has 1 aromatic carbocycles. The summed E-state index contributed by atoms with van der Waals surface area (Å²) in [5, 5.41) is 9.22. The summed E-state index contributed by atoms with van der Waals surface area (Å²) in [6, 6.07) is 8.80. The third-order valence-electron chi connectivity index (χ3n) is 3.30. The highest BCUT2D eigenvalue weighted by molar-refractivity contribution is 5.24. The van der Waals surface area contributed by atoms with Crippen molar-refractivity contribution in [3.63, 3.8) is 0 Å². The Morgan fingerprint density at radius 1 is 1.14 bits per heavy atom. The van der Waals surface area contributed by atoms with Crippen LogP contribution in [0.3, 0.4) is 0 Å². The summed E-state index contributed by atoms with van der Waals surface area (Å²) < 4.78 is 0. The Morgan fingerprint density at radius 2 is 1.71 bits per heavy atom. The van der Waals surface area contributed by atoms with E-state index in [2.05, 4.69) is 31.2 Å². The van der Waals surface area contributed by atoms with Crippen LogP contribution >= 0.6 is 0 Å². The highest BCUT2D eigenvalue weighted by atomic mass is 16.3. The summed E-state index contributed by atoms with van der Waals surface area (Å²) in [5.41, 5.74) is 3.00. The molecule has 0 unspecified atom stereocenters. The molecule has 1 nitrogen and oxygen atoms in total. The molecule has 1 aliphatic rings. The standard InChI is InChI=1S/C13H18O/c1-2-11-3-5-12(6-4-11)9-13(10-14)7-8-13/h3-6,14H,2,7-10H2,1H3. The minimum absolute atomic E-state index is 0.244. The zero-order valence-corrected chi connectivity index (χ0v) is 8.79. The maximum Gasteiger partial charge on any atom is 0.0490 e. The van der Waals surface area contributed by atoms with Crippen molar-refractivity contribution in [1.29, 1.82) is 0 Å². The number of aryl methyl sites for hydroxylation is 1. The molecule has 0 saturated heterocycles. The van der Waals surface area contributed by atoms with Gasteiger partial charge in [-0.25, -0.2) is 0 Å². The fourth-order valence-corrected chi connectivity index (χ4v) is 1.89. The van der Waals surface area contributed by atoms with E-state index < -0.39 is 0 Å². The average molecular weight is 190 g/mol. The van der Waals surface area contributed by atoms with E-state index >= 15 is 0 Å². The molecule has 1 heteroatoms. The number of rotatable bonds is 4. The summed E-state index contributed by atoms with van der Waals surface area (Å²) in [7, 11) is 0. The molecule has 2 rings (SSSR count). The van der Waals surface area contributed by atoms with Crippen LogP contribution in [0.2, 0.25) is 0 Å². The van der Waals surface area contributed by atoms with Gasteiger partial charge in [0.05, 0.1) is 0 Å². The van der Waals surface area contributed by atoms with Crippen LogP contribution in [-0.4, -0.2) is 11.7 Å². The van der Waals surface area contributed by atoms with Gasteiger partial charge in [0.2, 0.25) is 0 Å². The molecule has 0 atom stereocenters. The molecule has 1 aromatic rings. The lowest BCUT2D eigenvalue weighted by Gasteiger charge is -2.11. The molecule has 0 radical (unpaired) electrons. The fourth-order valence-electron chi connectivity index (χ4n) is 1.89. The van der Waals surface area contributed by atoms with E-state index in [1.807, 2.05) is 0 Å². The van der Waals surface area contributed by atoms with E-state index in [1.165, 1.54) is 24.0 Å². The fraction of sp³-hybridized carbons (Fsp3) is 0.538. The Hall–Kier alpha value is -0.820. The van der Waals surface area contributed by atoms with Crippen molar-refractivity contribution in [1.82, 2.24) is 0 Å². The van der Waals surface area contributed by atoms with Crippen molar-refractivity contribution in [3.8, 4) is 0 Å². The summed E-state index contributed by atoms with van der Waals surface area (Å²) in [5.74, 6) is 0. The van der Waals surface area contributed by atoms with Gasteiger partial charge in [-0.2, -0.15) is 0 Å². The monoisotopic (exact) mass is 190 g/mol. The second kappa shape index (κ2) is 3.74. The van der Waals surface area contributed by atoms with Crippen molar-refractivity contribution in [2.75, 3.05) is 6.61 Å². The van der Waals surface area contributed by atoms with Crippen molar-refractivity contribution in [3.05, 3.63) is 35.4 Å². The number of aliphatic hydroxyl groups is 1. The van der Waals surface area contributed by atoms with Gasteiger partial charge in [-0.15, -0.1) is 0 Å². The van der Waals surface area contributed by atoms with Crippen LogP contribution in [0.4, 0.5) is 0 Å². The van der Waals surface area contributed by atoms with E-state index in [9.17, 15) is 5.11 Å². The minimum atomic E-state index is 0.244. The lowest BCUT2D eigenvalue weighted by Crippen LogP contribution is -2.09. The highest BCUT2D eigenvalue weighted by Gasteiger charge is 2.41. The molecule has 0 bridgehead atoms. The molecule has 14 heavy (non-hydrogen) atoms. The maximum absolute atomic E-state index is 9.22. The molecule has 0 heterocycles. The molecule has 0 amide bonds. The van der Waals surface area contributed by atoms with Gasteiger partial charge in [0.1, 0.15) is 0 Å². The molecule has 76 valence electrons. The van der Waals surface area contributed by atoms with Gasteiger partial charge in [-0.1, -0.05) is 31.2 Å². The molecule has 1 fully saturated rings. The Balaban J connectivity index is 2.03. The molecular weight excluding hydrogens is 172 g/mol. The Morgan fingerprint density at radius 3 is 2.14 bits per heavy atom. The molecule has 1 aliphatic carbocycles. The first-order valence-electron chi connectivity index (χ1n) is 5.47. The second-order valence-corrected chi connectivity index (χ2v) is 4.50. The van der Waals surface area contributed by atoms with E-state index in [1.54, 1.807) is 0 Å². The highest BCUT2D eigenvalue weighted by Crippen LogP contribution is 2.47. The third kappa shape index (κ3) is 1.98. The predicted octanol–water partition coefficient (Wildman–Crippen LogP) is 2.56. The van der Waals surface area contributed by atoms with Crippen LogP contribution in [0.15, 0.2) is 24.3 Å². The van der Waals surface area contributed by atoms with Gasteiger partial charge < -0.3 is 5.11 Å². The minimum Gasteiger partial charge on any atom is -0.396 e. The SMILES string of the molecule is CCc1ccc(CC2(CO)CC2)cc1. The largest absolute Gasteiger partial charge is 0.396 e. The van der Waals surface area contributed by atoms with Gasteiger partial charge in [-0.05, 0) is 42.2 Å². The molecule has 1 N–H and O–H groups in total. The van der Waals surface area contributed by atoms with E-state index in [0.29, 0.717) is 6.61 Å². The van der Waals surface area contributed by atoms with Gasteiger partial charge in [0.25, 0.3) is 0 Å². The first-order valence-corrected chi connectivity index (χ1v) is 5.47. The van der Waals surface area contributed by atoms with E-state index in [0.717, 1.165) is 12.8 Å². The van der Waals surface area contributed by atoms with Crippen LogP contribution in [0.5, 0.6) is 0 Å². The van der Waals surface area contributed by atoms with Crippen LogP contribution in [-0.2, 0) is 12.8 Å². The molecule has 1 saturated carbocycles. The van der Waals surface area contributed by atoms with Crippen molar-refractivity contribution >= 4 is 0 Å².